The average Bonchev–Trinajstić information content (AvgIpc) is 2.74. The lowest BCUT2D eigenvalue weighted by atomic mass is 9.90. The fraction of sp³-hybridized carbons (Fsp3) is 0.524. The molecule has 0 saturated carbocycles. The number of likely N-dealkylation sites (tertiary alicyclic amines) is 1. The van der Waals surface area contributed by atoms with Crippen LogP contribution in [0.3, 0.4) is 0 Å². The molecule has 2 aliphatic rings. The smallest absolute Gasteiger partial charge is 0.253 e. The van der Waals surface area contributed by atoms with Gasteiger partial charge in [0.25, 0.3) is 5.91 Å². The van der Waals surface area contributed by atoms with Gasteiger partial charge in [-0.3, -0.25) is 9.59 Å². The van der Waals surface area contributed by atoms with Crippen LogP contribution in [0, 0.1) is 0 Å². The number of carbonyl (C=O) groups is 2. The summed E-state index contributed by atoms with van der Waals surface area (Å²) in [5.74, 6) is -0.368. The van der Waals surface area contributed by atoms with E-state index in [9.17, 15) is 18.0 Å². The first-order valence-electron chi connectivity index (χ1n) is 10.1. The maximum atomic E-state index is 13.1. The second-order valence-electron chi connectivity index (χ2n) is 8.04. The van der Waals surface area contributed by atoms with Crippen LogP contribution in [0.1, 0.15) is 49.4 Å². The molecule has 1 aromatic rings. The van der Waals surface area contributed by atoms with Crippen molar-refractivity contribution in [2.45, 2.75) is 49.5 Å². The van der Waals surface area contributed by atoms with E-state index in [-0.39, 0.29) is 16.7 Å². The van der Waals surface area contributed by atoms with Crippen LogP contribution < -0.4 is 5.32 Å². The van der Waals surface area contributed by atoms with Gasteiger partial charge in [-0.2, -0.15) is 4.31 Å². The van der Waals surface area contributed by atoms with Crippen LogP contribution in [-0.4, -0.2) is 61.2 Å². The molecule has 1 N–H and O–H groups in total. The standard InChI is InChI=1S/C21H29N3O4S/c1-3-19(25)22-21(2)10-14-24(15-11-21)29(27,28)18-9-7-8-17(16-18)20(26)23-12-5-4-6-13-23/h3,7-9,16H,1,4-6,10-15H2,2H3,(H,22,25). The minimum absolute atomic E-state index is 0.111. The summed E-state index contributed by atoms with van der Waals surface area (Å²) < 4.78 is 27.7. The van der Waals surface area contributed by atoms with E-state index in [1.165, 1.54) is 22.5 Å². The van der Waals surface area contributed by atoms with E-state index in [4.69, 9.17) is 0 Å². The molecular formula is C21H29N3O4S. The first-order chi connectivity index (χ1) is 13.7. The van der Waals surface area contributed by atoms with Crippen LogP contribution in [0.15, 0.2) is 41.8 Å². The van der Waals surface area contributed by atoms with E-state index in [0.29, 0.717) is 31.5 Å². The van der Waals surface area contributed by atoms with E-state index in [2.05, 4.69) is 11.9 Å². The van der Waals surface area contributed by atoms with Gasteiger partial charge in [-0.15, -0.1) is 0 Å². The maximum Gasteiger partial charge on any atom is 0.253 e. The minimum Gasteiger partial charge on any atom is -0.347 e. The number of piperidine rings is 2. The Bertz CT molecular complexity index is 883. The largest absolute Gasteiger partial charge is 0.347 e. The normalized spacial score (nSPS) is 20.1. The Labute approximate surface area is 172 Å². The molecule has 0 aromatic heterocycles. The highest BCUT2D eigenvalue weighted by Gasteiger charge is 2.36. The number of sulfonamides is 1. The molecule has 3 rings (SSSR count). The van der Waals surface area contributed by atoms with Crippen molar-refractivity contribution in [3.63, 3.8) is 0 Å². The molecule has 2 heterocycles. The molecule has 0 radical (unpaired) electrons. The predicted octanol–water partition coefficient (Wildman–Crippen LogP) is 2.16. The van der Waals surface area contributed by atoms with Crippen molar-refractivity contribution < 1.29 is 18.0 Å². The lowest BCUT2D eigenvalue weighted by Crippen LogP contribution is -2.54. The molecule has 2 fully saturated rings. The number of hydrogen-bond donors (Lipinski definition) is 1. The number of nitrogens with zero attached hydrogens (tertiary/aromatic N) is 2. The van der Waals surface area contributed by atoms with Crippen molar-refractivity contribution in [3.05, 3.63) is 42.5 Å². The Kier molecular flexibility index (Phi) is 6.43. The van der Waals surface area contributed by atoms with Gasteiger partial charge in [0.2, 0.25) is 15.9 Å². The third kappa shape index (κ3) is 4.87. The number of hydrogen-bond acceptors (Lipinski definition) is 4. The van der Waals surface area contributed by atoms with Gasteiger partial charge in [0, 0.05) is 37.3 Å². The molecule has 8 heteroatoms. The summed E-state index contributed by atoms with van der Waals surface area (Å²) in [6, 6.07) is 6.33. The number of benzene rings is 1. The van der Waals surface area contributed by atoms with Crippen molar-refractivity contribution >= 4 is 21.8 Å². The summed E-state index contributed by atoms with van der Waals surface area (Å²) in [5.41, 5.74) is -0.0447. The molecule has 0 aliphatic carbocycles. The molecule has 7 nitrogen and oxygen atoms in total. The van der Waals surface area contributed by atoms with Crippen LogP contribution in [0.4, 0.5) is 0 Å². The molecule has 0 unspecified atom stereocenters. The quantitative estimate of drug-likeness (QED) is 0.741. The Morgan fingerprint density at radius 1 is 1.10 bits per heavy atom. The van der Waals surface area contributed by atoms with Crippen molar-refractivity contribution in [1.82, 2.24) is 14.5 Å². The van der Waals surface area contributed by atoms with Gasteiger partial charge in [-0.25, -0.2) is 8.42 Å². The van der Waals surface area contributed by atoms with Gasteiger partial charge in [0.15, 0.2) is 0 Å². The van der Waals surface area contributed by atoms with Crippen LogP contribution in [0.5, 0.6) is 0 Å². The highest BCUT2D eigenvalue weighted by molar-refractivity contribution is 7.89. The number of nitrogens with one attached hydrogen (secondary N) is 1. The van der Waals surface area contributed by atoms with Crippen LogP contribution in [0.25, 0.3) is 0 Å². The highest BCUT2D eigenvalue weighted by Crippen LogP contribution is 2.27. The van der Waals surface area contributed by atoms with Crippen molar-refractivity contribution in [1.29, 1.82) is 0 Å². The third-order valence-corrected chi connectivity index (χ3v) is 7.69. The zero-order valence-corrected chi connectivity index (χ0v) is 17.7. The van der Waals surface area contributed by atoms with E-state index in [1.54, 1.807) is 17.0 Å². The number of rotatable bonds is 5. The lowest BCUT2D eigenvalue weighted by molar-refractivity contribution is -0.118. The fourth-order valence-corrected chi connectivity index (χ4v) is 5.40. The fourth-order valence-electron chi connectivity index (χ4n) is 3.91. The van der Waals surface area contributed by atoms with E-state index in [1.807, 2.05) is 6.92 Å². The summed E-state index contributed by atoms with van der Waals surface area (Å²) in [6.45, 7) is 7.42. The molecular weight excluding hydrogens is 390 g/mol. The van der Waals surface area contributed by atoms with Gasteiger partial charge in [-0.05, 0) is 63.3 Å². The average molecular weight is 420 g/mol. The minimum atomic E-state index is -3.70. The lowest BCUT2D eigenvalue weighted by Gasteiger charge is -2.39. The number of amides is 2. The summed E-state index contributed by atoms with van der Waals surface area (Å²) in [7, 11) is -3.70. The Morgan fingerprint density at radius 3 is 2.38 bits per heavy atom. The summed E-state index contributed by atoms with van der Waals surface area (Å²) >= 11 is 0. The van der Waals surface area contributed by atoms with Crippen molar-refractivity contribution in [2.24, 2.45) is 0 Å². The predicted molar refractivity (Wildman–Crippen MR) is 111 cm³/mol. The van der Waals surface area contributed by atoms with Gasteiger partial charge >= 0.3 is 0 Å². The molecule has 0 bridgehead atoms. The molecule has 0 spiro atoms. The molecule has 0 atom stereocenters. The summed E-state index contributed by atoms with van der Waals surface area (Å²) in [5, 5.41) is 2.89. The third-order valence-electron chi connectivity index (χ3n) is 5.80. The second-order valence-corrected chi connectivity index (χ2v) is 9.98. The van der Waals surface area contributed by atoms with Gasteiger partial charge in [0.05, 0.1) is 4.90 Å². The molecule has 29 heavy (non-hydrogen) atoms. The number of carbonyl (C=O) groups excluding carboxylic acids is 2. The van der Waals surface area contributed by atoms with Crippen LogP contribution in [0.2, 0.25) is 0 Å². The first-order valence-corrected chi connectivity index (χ1v) is 11.5. The maximum absolute atomic E-state index is 13.1. The van der Waals surface area contributed by atoms with Crippen molar-refractivity contribution in [3.8, 4) is 0 Å². The first kappa shape index (κ1) is 21.5. The van der Waals surface area contributed by atoms with Gasteiger partial charge < -0.3 is 10.2 Å². The Balaban J connectivity index is 1.72. The molecule has 1 aromatic carbocycles. The van der Waals surface area contributed by atoms with E-state index >= 15 is 0 Å². The molecule has 158 valence electrons. The molecule has 2 amide bonds. The highest BCUT2D eigenvalue weighted by atomic mass is 32.2. The zero-order chi connectivity index (χ0) is 21.1. The summed E-state index contributed by atoms with van der Waals surface area (Å²) in [6.07, 6.45) is 5.34. The topological polar surface area (TPSA) is 86.8 Å². The molecule has 2 saturated heterocycles. The Hall–Kier alpha value is -2.19. The Morgan fingerprint density at radius 2 is 1.76 bits per heavy atom. The summed E-state index contributed by atoms with van der Waals surface area (Å²) in [4.78, 5) is 26.3. The van der Waals surface area contributed by atoms with Crippen LogP contribution >= 0.6 is 0 Å². The zero-order valence-electron chi connectivity index (χ0n) is 16.9. The monoisotopic (exact) mass is 419 g/mol. The van der Waals surface area contributed by atoms with Crippen LogP contribution in [-0.2, 0) is 14.8 Å². The SMILES string of the molecule is C=CC(=O)NC1(C)CCN(S(=O)(=O)c2cccc(C(=O)N3CCCCC3)c2)CC1. The van der Waals surface area contributed by atoms with Gasteiger partial charge in [-0.1, -0.05) is 12.6 Å². The second kappa shape index (κ2) is 8.67. The van der Waals surface area contributed by atoms with Crippen molar-refractivity contribution in [2.75, 3.05) is 26.2 Å². The van der Waals surface area contributed by atoms with E-state index in [0.717, 1.165) is 32.4 Å². The molecule has 2 aliphatic heterocycles. The van der Waals surface area contributed by atoms with E-state index < -0.39 is 15.6 Å². The van der Waals surface area contributed by atoms with Gasteiger partial charge in [0.1, 0.15) is 0 Å².